The molecule has 4 aromatic rings. The zero-order chi connectivity index (χ0) is 24.6. The molecule has 0 amide bonds. The molecule has 2 aromatic carbocycles. The number of hydrogen-bond donors (Lipinski definition) is 3. The zero-order valence-electron chi connectivity index (χ0n) is 19.0. The second kappa shape index (κ2) is 8.92. The lowest BCUT2D eigenvalue weighted by Gasteiger charge is -2.19. The van der Waals surface area contributed by atoms with E-state index in [2.05, 4.69) is 11.1 Å². The second-order valence-electron chi connectivity index (χ2n) is 8.07. The third-order valence-corrected chi connectivity index (χ3v) is 5.77. The van der Waals surface area contributed by atoms with Crippen molar-refractivity contribution in [2.24, 2.45) is 0 Å². The Bertz CT molecular complexity index is 1530. The van der Waals surface area contributed by atoms with Crippen molar-refractivity contribution >= 4 is 33.4 Å². The average Bonchev–Trinajstić information content (AvgIpc) is 3.14. The molecule has 4 rings (SSSR count). The fourth-order valence-electron chi connectivity index (χ4n) is 4.24. The Morgan fingerprint density at radius 3 is 2.47 bits per heavy atom. The molecule has 2 heterocycles. The van der Waals surface area contributed by atoms with E-state index < -0.39 is 18.3 Å². The normalized spacial score (nSPS) is 12.0. The van der Waals surface area contributed by atoms with Gasteiger partial charge in [-0.1, -0.05) is 12.1 Å². The molecular formula is C25H23N5O4. The van der Waals surface area contributed by atoms with E-state index in [4.69, 9.17) is 25.2 Å². The summed E-state index contributed by atoms with van der Waals surface area (Å²) in [6.45, 7) is 3.02. The highest BCUT2D eigenvalue weighted by Gasteiger charge is 2.25. The van der Waals surface area contributed by atoms with Crippen LogP contribution in [0.3, 0.4) is 0 Å². The van der Waals surface area contributed by atoms with Crippen LogP contribution in [-0.2, 0) is 13.2 Å². The zero-order valence-corrected chi connectivity index (χ0v) is 19.0. The van der Waals surface area contributed by atoms with Crippen molar-refractivity contribution in [1.29, 1.82) is 16.1 Å². The maximum Gasteiger partial charge on any atom is 0.420 e. The van der Waals surface area contributed by atoms with Gasteiger partial charge in [-0.3, -0.25) is 4.57 Å². The summed E-state index contributed by atoms with van der Waals surface area (Å²) in [5.41, 5.74) is 3.83. The first kappa shape index (κ1) is 22.9. The van der Waals surface area contributed by atoms with Gasteiger partial charge in [-0.15, -0.1) is 0 Å². The van der Waals surface area contributed by atoms with Crippen LogP contribution in [0, 0.1) is 22.1 Å². The van der Waals surface area contributed by atoms with E-state index in [-0.39, 0.29) is 29.2 Å². The van der Waals surface area contributed by atoms with Gasteiger partial charge in [0.05, 0.1) is 43.3 Å². The van der Waals surface area contributed by atoms with Crippen LogP contribution in [0.25, 0.3) is 22.0 Å². The first-order valence-electron chi connectivity index (χ1n) is 10.5. The van der Waals surface area contributed by atoms with E-state index in [0.717, 1.165) is 5.56 Å². The molecule has 0 aliphatic heterocycles. The van der Waals surface area contributed by atoms with Gasteiger partial charge in [0.25, 0.3) is 0 Å². The lowest BCUT2D eigenvalue weighted by atomic mass is 9.89. The average molecular weight is 457 g/mol. The predicted octanol–water partition coefficient (Wildman–Crippen LogP) is 3.73. The lowest BCUT2D eigenvalue weighted by Crippen LogP contribution is -2.17. The maximum atomic E-state index is 12.8. The Labute approximate surface area is 194 Å². The van der Waals surface area contributed by atoms with Gasteiger partial charge in [-0.05, 0) is 43.7 Å². The van der Waals surface area contributed by atoms with Crippen molar-refractivity contribution in [3.8, 4) is 11.8 Å². The van der Waals surface area contributed by atoms with Gasteiger partial charge in [0.2, 0.25) is 0 Å². The summed E-state index contributed by atoms with van der Waals surface area (Å²) in [4.78, 5) is 17.3. The number of aromatic nitrogens is 2. The van der Waals surface area contributed by atoms with E-state index in [1.807, 2.05) is 0 Å². The number of aliphatic hydroxyl groups is 1. The predicted molar refractivity (Wildman–Crippen MR) is 128 cm³/mol. The summed E-state index contributed by atoms with van der Waals surface area (Å²) in [7, 11) is 1.51. The van der Waals surface area contributed by atoms with Gasteiger partial charge in [0.15, 0.2) is 5.58 Å². The molecule has 0 bridgehead atoms. The van der Waals surface area contributed by atoms with Crippen LogP contribution < -0.4 is 10.5 Å². The van der Waals surface area contributed by atoms with E-state index in [0.29, 0.717) is 33.3 Å². The Balaban J connectivity index is 2.02. The summed E-state index contributed by atoms with van der Waals surface area (Å²) in [5.74, 6) is -0.733. The van der Waals surface area contributed by atoms with Crippen LogP contribution in [0.4, 0.5) is 0 Å². The number of fused-ring (bicyclic) bond motifs is 3. The van der Waals surface area contributed by atoms with Gasteiger partial charge >= 0.3 is 5.76 Å². The molecule has 2 aromatic heterocycles. The number of methoxy groups -OCH3 is 1. The molecule has 0 radical (unpaired) electrons. The molecule has 0 spiro atoms. The van der Waals surface area contributed by atoms with E-state index in [1.54, 1.807) is 50.2 Å². The maximum absolute atomic E-state index is 12.8. The van der Waals surface area contributed by atoms with Gasteiger partial charge in [-0.2, -0.15) is 5.26 Å². The SMILES string of the molecule is COc1cc2c(cc1C(C(C)=N)C(C)=N)nc(CO)c1oc(=O)n(Cc3ccc(C#N)cc3)c12. The molecule has 172 valence electrons. The lowest BCUT2D eigenvalue weighted by molar-refractivity contribution is 0.277. The Morgan fingerprint density at radius 2 is 1.91 bits per heavy atom. The van der Waals surface area contributed by atoms with Gasteiger partial charge in [0.1, 0.15) is 17.0 Å². The van der Waals surface area contributed by atoms with Crippen LogP contribution in [0.15, 0.2) is 45.6 Å². The monoisotopic (exact) mass is 457 g/mol. The largest absolute Gasteiger partial charge is 0.496 e. The summed E-state index contributed by atoms with van der Waals surface area (Å²) < 4.78 is 12.6. The molecule has 0 unspecified atom stereocenters. The number of pyridine rings is 1. The van der Waals surface area contributed by atoms with Gasteiger partial charge in [-0.25, -0.2) is 9.78 Å². The summed E-state index contributed by atoms with van der Waals surface area (Å²) in [6, 6.07) is 12.4. The molecule has 0 fully saturated rings. The fraction of sp³-hybridized carbons (Fsp3) is 0.240. The van der Waals surface area contributed by atoms with Crippen LogP contribution in [0.5, 0.6) is 5.75 Å². The molecule has 34 heavy (non-hydrogen) atoms. The number of aliphatic hydroxyl groups excluding tert-OH is 1. The molecule has 9 heteroatoms. The number of nitriles is 1. The first-order chi connectivity index (χ1) is 16.3. The fourth-order valence-corrected chi connectivity index (χ4v) is 4.24. The number of nitrogens with zero attached hydrogens (tertiary/aromatic N) is 3. The molecular weight excluding hydrogens is 434 g/mol. The minimum absolute atomic E-state index is 0.187. The quantitative estimate of drug-likeness (QED) is 0.360. The third kappa shape index (κ3) is 3.84. The molecule has 0 aliphatic carbocycles. The minimum Gasteiger partial charge on any atom is -0.496 e. The number of oxazole rings is 1. The van der Waals surface area contributed by atoms with Crippen molar-refractivity contribution < 1.29 is 14.3 Å². The number of hydrogen-bond acceptors (Lipinski definition) is 8. The molecule has 0 saturated carbocycles. The highest BCUT2D eigenvalue weighted by atomic mass is 16.5. The number of ether oxygens (including phenoxy) is 1. The Morgan fingerprint density at radius 1 is 1.24 bits per heavy atom. The van der Waals surface area contributed by atoms with Crippen molar-refractivity contribution in [2.75, 3.05) is 7.11 Å². The van der Waals surface area contributed by atoms with Crippen LogP contribution in [0.1, 0.15) is 42.1 Å². The number of benzene rings is 2. The highest BCUT2D eigenvalue weighted by Crippen LogP contribution is 2.36. The summed E-state index contributed by atoms with van der Waals surface area (Å²) in [6.07, 6.45) is 0. The van der Waals surface area contributed by atoms with Gasteiger partial charge < -0.3 is 25.1 Å². The minimum atomic E-state index is -0.602. The van der Waals surface area contributed by atoms with Crippen LogP contribution >= 0.6 is 0 Å². The van der Waals surface area contributed by atoms with Crippen molar-refractivity contribution in [1.82, 2.24) is 9.55 Å². The van der Waals surface area contributed by atoms with E-state index >= 15 is 0 Å². The first-order valence-corrected chi connectivity index (χ1v) is 10.5. The molecule has 0 atom stereocenters. The summed E-state index contributed by atoms with van der Waals surface area (Å²) >= 11 is 0. The number of nitrogens with one attached hydrogen (secondary N) is 2. The topological polar surface area (TPSA) is 149 Å². The molecule has 9 nitrogen and oxygen atoms in total. The van der Waals surface area contributed by atoms with Crippen LogP contribution in [-0.4, -0.2) is 33.2 Å². The molecule has 0 aliphatic rings. The second-order valence-corrected chi connectivity index (χ2v) is 8.07. The van der Waals surface area contributed by atoms with Crippen molar-refractivity contribution in [3.05, 3.63) is 69.3 Å². The molecule has 0 saturated heterocycles. The molecule has 3 N–H and O–H groups in total. The van der Waals surface area contributed by atoms with Gasteiger partial charge in [0, 0.05) is 22.4 Å². The smallest absolute Gasteiger partial charge is 0.420 e. The third-order valence-electron chi connectivity index (χ3n) is 5.77. The Hall–Kier alpha value is -4.29. The standard InChI is InChI=1S/C25H23N5O4/c1-13(27)22(14(2)28)18-8-19-17(9-21(18)33-3)23-24(20(12-31)29-19)34-25(32)30(23)11-16-6-4-15(10-26)5-7-16/h4-9,22,27-28,31H,11-12H2,1-3H3. The van der Waals surface area contributed by atoms with Crippen molar-refractivity contribution in [2.45, 2.75) is 32.9 Å². The Kier molecular flexibility index (Phi) is 6.01. The number of rotatable bonds is 7. The van der Waals surface area contributed by atoms with E-state index in [1.165, 1.54) is 11.7 Å². The van der Waals surface area contributed by atoms with Crippen LogP contribution in [0.2, 0.25) is 0 Å². The highest BCUT2D eigenvalue weighted by molar-refractivity contribution is 6.10. The van der Waals surface area contributed by atoms with Crippen molar-refractivity contribution in [3.63, 3.8) is 0 Å². The van der Waals surface area contributed by atoms with E-state index in [9.17, 15) is 9.90 Å². The summed E-state index contributed by atoms with van der Waals surface area (Å²) in [5, 5.41) is 35.9.